The molecule has 2 aliphatic heterocycles. The number of amides is 3. The quantitative estimate of drug-likeness (QED) is 0.0599. The SMILES string of the molecule is CC1N(Cc2ccccc2)c2cc(NC(=O)c3ccccc3)c(C3=C([O-])/C(=c4/cc5c(cc4NC(=O)c4ccccc4)=[N+](Cc4ccccc4)C(C)C5(C)C)C3=O)cc2C1(C)C.CNC(=O)c1ccccc1.Cc1ccccc1.N=C=O. The summed E-state index contributed by atoms with van der Waals surface area (Å²) in [6, 6.07) is 65.5. The first-order valence-electron chi connectivity index (χ1n) is 27.3. The summed E-state index contributed by atoms with van der Waals surface area (Å²) in [6.45, 7) is 16.4. The van der Waals surface area contributed by atoms with Gasteiger partial charge in [0.25, 0.3) is 17.7 Å². The van der Waals surface area contributed by atoms with E-state index in [1.165, 1.54) is 5.56 Å². The van der Waals surface area contributed by atoms with Gasteiger partial charge in [0.2, 0.25) is 11.4 Å². The fourth-order valence-corrected chi connectivity index (χ4v) is 10.7. The molecule has 0 saturated carbocycles. The highest BCUT2D eigenvalue weighted by atomic mass is 16.3. The topological polar surface area (TPSA) is 175 Å². The molecule has 3 amide bonds. The molecule has 8 aromatic rings. The summed E-state index contributed by atoms with van der Waals surface area (Å²) in [7, 11) is 1.62. The Kier molecular flexibility index (Phi) is 18.2. The normalized spacial score (nSPS) is 16.4. The summed E-state index contributed by atoms with van der Waals surface area (Å²) in [5.74, 6) is -1.61. The molecule has 0 aromatic heterocycles. The second-order valence-electron chi connectivity index (χ2n) is 21.6. The van der Waals surface area contributed by atoms with Gasteiger partial charge in [0.15, 0.2) is 18.4 Å². The number of carbonyl (C=O) groups excluding carboxylic acids is 5. The maximum absolute atomic E-state index is 14.9. The zero-order chi connectivity index (χ0) is 58.7. The van der Waals surface area contributed by atoms with Crippen molar-refractivity contribution in [2.75, 3.05) is 22.6 Å². The van der Waals surface area contributed by atoms with Crippen molar-refractivity contribution in [1.29, 1.82) is 5.41 Å². The van der Waals surface area contributed by atoms with E-state index in [1.54, 1.807) is 67.7 Å². The third-order valence-electron chi connectivity index (χ3n) is 15.9. The Bertz CT molecular complexity index is 3820. The van der Waals surface area contributed by atoms with Crippen LogP contribution in [0.4, 0.5) is 17.1 Å². The van der Waals surface area contributed by atoms with Crippen LogP contribution in [0.5, 0.6) is 0 Å². The van der Waals surface area contributed by atoms with Crippen LogP contribution in [-0.2, 0) is 33.5 Å². The molecule has 4 N–H and O–H groups in total. The Hall–Kier alpha value is -9.77. The van der Waals surface area contributed by atoms with Gasteiger partial charge in [0.05, 0.1) is 16.8 Å². The average molecular weight is 1090 g/mol. The third kappa shape index (κ3) is 12.5. The Labute approximate surface area is 479 Å². The van der Waals surface area contributed by atoms with Crippen molar-refractivity contribution in [3.63, 3.8) is 0 Å². The molecule has 82 heavy (non-hydrogen) atoms. The largest absolute Gasteiger partial charge is 0.871 e. The van der Waals surface area contributed by atoms with Crippen LogP contribution in [0.1, 0.15) is 106 Å². The molecule has 0 radical (unpaired) electrons. The van der Waals surface area contributed by atoms with Crippen LogP contribution in [0.3, 0.4) is 0 Å². The van der Waals surface area contributed by atoms with Gasteiger partial charge in [-0.1, -0.05) is 171 Å². The van der Waals surface area contributed by atoms with Gasteiger partial charge in [0, 0.05) is 86.5 Å². The molecule has 0 fully saturated rings. The number of nitrogens with one attached hydrogen (secondary N) is 4. The first-order valence-corrected chi connectivity index (χ1v) is 27.3. The predicted octanol–water partition coefficient (Wildman–Crippen LogP) is 10.7. The van der Waals surface area contributed by atoms with E-state index in [1.807, 2.05) is 109 Å². The summed E-state index contributed by atoms with van der Waals surface area (Å²) in [6.07, 6.45) is 0.750. The first kappa shape index (κ1) is 58.4. The van der Waals surface area contributed by atoms with E-state index >= 15 is 0 Å². The smallest absolute Gasteiger partial charge is 0.255 e. The lowest BCUT2D eigenvalue weighted by Gasteiger charge is -2.33. The predicted molar refractivity (Wildman–Crippen MR) is 325 cm³/mol. The highest BCUT2D eigenvalue weighted by Gasteiger charge is 2.46. The van der Waals surface area contributed by atoms with Crippen molar-refractivity contribution in [3.05, 3.63) is 273 Å². The standard InChI is InChI=1S/C54H50N4O4.C8H9NO.C7H8.CHNO/c1-33-53(3,4)41-27-39(43(55-51(61)37-23-15-9-16-24-37)29-45(41)57(33)31-35-19-11-7-12-20-35)47-49(59)48(50(47)60)40-28-42-46(30-44(40)56-52(62)38-25-17-10-18-26-38)58(34(2)54(42,5)6)32-36-21-13-8-14-22-36;1-9-8(10)7-5-3-2-4-6-7;1-7-5-3-2-4-6-7;2-1-3/h7-30,33-34H,31-32H2,1-6H3,(H2,55,56,59,60,61,62);2-6H,1H3,(H,9,10);2-6H,1H3;2H. The number of ketones is 1. The summed E-state index contributed by atoms with van der Waals surface area (Å²) in [5.41, 5.74) is 8.54. The number of fused-ring (bicyclic) bond motifs is 2. The second kappa shape index (κ2) is 25.6. The number of rotatable bonds is 10. The minimum absolute atomic E-state index is 0.00953. The molecule has 3 aliphatic rings. The van der Waals surface area contributed by atoms with Crippen LogP contribution < -0.4 is 41.1 Å². The van der Waals surface area contributed by atoms with E-state index in [0.717, 1.165) is 39.4 Å². The summed E-state index contributed by atoms with van der Waals surface area (Å²) in [5, 5.41) is 30.4. The van der Waals surface area contributed by atoms with Gasteiger partial charge in [-0.25, -0.2) is 14.8 Å². The summed E-state index contributed by atoms with van der Waals surface area (Å²) >= 11 is 0. The zero-order valence-corrected chi connectivity index (χ0v) is 47.5. The Morgan fingerprint density at radius 2 is 1.05 bits per heavy atom. The zero-order valence-electron chi connectivity index (χ0n) is 47.5. The molecule has 0 spiro atoms. The van der Waals surface area contributed by atoms with Gasteiger partial charge in [-0.15, -0.1) is 0 Å². The van der Waals surface area contributed by atoms with Crippen LogP contribution in [0.25, 0.3) is 11.1 Å². The molecule has 2 atom stereocenters. The van der Waals surface area contributed by atoms with Crippen LogP contribution in [0, 0.1) is 12.3 Å². The summed E-state index contributed by atoms with van der Waals surface area (Å²) < 4.78 is 2.33. The van der Waals surface area contributed by atoms with Crippen molar-refractivity contribution in [1.82, 2.24) is 9.89 Å². The average Bonchev–Trinajstić information content (AvgIpc) is 1.68. The van der Waals surface area contributed by atoms with Crippen molar-refractivity contribution < 1.29 is 29.1 Å². The van der Waals surface area contributed by atoms with Gasteiger partial charge in [-0.05, 0) is 100 Å². The number of hydrogen-bond donors (Lipinski definition) is 4. The second-order valence-corrected chi connectivity index (χ2v) is 21.6. The van der Waals surface area contributed by atoms with E-state index in [0.29, 0.717) is 51.9 Å². The van der Waals surface area contributed by atoms with Gasteiger partial charge in [-0.3, -0.25) is 19.2 Å². The molecular formula is C70H68N6O6. The Morgan fingerprint density at radius 3 is 1.51 bits per heavy atom. The fourth-order valence-electron chi connectivity index (χ4n) is 10.7. The molecule has 0 saturated heterocycles. The number of allylic oxidation sites excluding steroid dienone is 2. The van der Waals surface area contributed by atoms with Crippen LogP contribution in [-0.4, -0.2) is 48.7 Å². The molecule has 414 valence electrons. The van der Waals surface area contributed by atoms with Gasteiger partial charge >= 0.3 is 0 Å². The maximum Gasteiger partial charge on any atom is 0.255 e. The number of isocyanates is 1. The molecule has 2 heterocycles. The maximum atomic E-state index is 14.9. The molecule has 2 unspecified atom stereocenters. The van der Waals surface area contributed by atoms with Crippen LogP contribution in [0.2, 0.25) is 0 Å². The number of aryl methyl sites for hydroxylation is 1. The van der Waals surface area contributed by atoms with Crippen molar-refractivity contribution >= 4 is 57.8 Å². The van der Waals surface area contributed by atoms with Gasteiger partial charge < -0.3 is 26.0 Å². The highest BCUT2D eigenvalue weighted by Crippen LogP contribution is 2.50. The minimum atomic E-state index is -0.435. The van der Waals surface area contributed by atoms with E-state index in [4.69, 9.17) is 10.2 Å². The Morgan fingerprint density at radius 1 is 0.598 bits per heavy atom. The number of benzene rings is 8. The van der Waals surface area contributed by atoms with E-state index in [9.17, 15) is 24.3 Å². The van der Waals surface area contributed by atoms with Crippen molar-refractivity contribution in [2.45, 2.75) is 84.5 Å². The molecule has 8 aromatic carbocycles. The number of anilines is 3. The van der Waals surface area contributed by atoms with E-state index < -0.39 is 11.5 Å². The fraction of sp³-hybridized carbons (Fsp3) is 0.200. The lowest BCUT2D eigenvalue weighted by atomic mass is 9.76. The minimum Gasteiger partial charge on any atom is -0.871 e. The molecule has 11 rings (SSSR count). The van der Waals surface area contributed by atoms with Crippen LogP contribution in [0.15, 0.2) is 212 Å². The number of hydrogen-bond acceptors (Lipinski definition) is 8. The van der Waals surface area contributed by atoms with Crippen molar-refractivity contribution in [2.24, 2.45) is 0 Å². The first-order chi connectivity index (χ1) is 39.4. The monoisotopic (exact) mass is 1090 g/mol. The molecule has 12 heteroatoms. The van der Waals surface area contributed by atoms with E-state index in [-0.39, 0.29) is 51.8 Å². The third-order valence-corrected chi connectivity index (χ3v) is 15.9. The van der Waals surface area contributed by atoms with Crippen molar-refractivity contribution in [3.8, 4) is 0 Å². The number of nitrogens with zero attached hydrogens (tertiary/aromatic N) is 2. The highest BCUT2D eigenvalue weighted by molar-refractivity contribution is 6.52. The number of carbonyl (C=O) groups is 4. The molecule has 1 aliphatic carbocycles. The lowest BCUT2D eigenvalue weighted by molar-refractivity contribution is -0.292. The Balaban J connectivity index is 0.000000372. The summed E-state index contributed by atoms with van der Waals surface area (Å²) in [4.78, 5) is 64.2. The molecular weight excluding hydrogens is 1020 g/mol. The van der Waals surface area contributed by atoms with Gasteiger partial charge in [0.1, 0.15) is 0 Å². The molecule has 12 nitrogen and oxygen atoms in total. The van der Waals surface area contributed by atoms with E-state index in [2.05, 4.69) is 110 Å². The molecule has 0 bridgehead atoms. The lowest BCUT2D eigenvalue weighted by Crippen LogP contribution is -2.38. The van der Waals surface area contributed by atoms with Gasteiger partial charge in [-0.2, -0.15) is 0 Å². The van der Waals surface area contributed by atoms with Crippen LogP contribution >= 0.6 is 0 Å². The number of Topliss-reactive ketones (excluding diaryl/α,β-unsaturated/α-hetero) is 1.